The Morgan fingerprint density at radius 3 is 2.55 bits per heavy atom. The van der Waals surface area contributed by atoms with E-state index in [4.69, 9.17) is 5.11 Å². The largest absolute Gasteiger partial charge is 0.389 e. The van der Waals surface area contributed by atoms with Crippen LogP contribution in [-0.2, 0) is 10.0 Å². The van der Waals surface area contributed by atoms with E-state index in [-0.39, 0.29) is 18.0 Å². The molecule has 2 N–H and O–H groups in total. The summed E-state index contributed by atoms with van der Waals surface area (Å²) in [7, 11) is -2.26. The van der Waals surface area contributed by atoms with E-state index < -0.39 is 15.6 Å². The first-order valence-electron chi connectivity index (χ1n) is 6.05. The van der Waals surface area contributed by atoms with Crippen molar-refractivity contribution in [2.24, 2.45) is 0 Å². The van der Waals surface area contributed by atoms with Gasteiger partial charge in [0.1, 0.15) is 6.61 Å². The molecular formula is C14H19NO4S. The van der Waals surface area contributed by atoms with Crippen LogP contribution in [0.4, 0.5) is 0 Å². The van der Waals surface area contributed by atoms with E-state index in [1.54, 1.807) is 26.0 Å². The third-order valence-corrected chi connectivity index (χ3v) is 4.26. The molecule has 0 amide bonds. The second-order valence-corrected chi connectivity index (χ2v) is 7.11. The summed E-state index contributed by atoms with van der Waals surface area (Å²) in [4.78, 5) is 0.106. The molecule has 0 aromatic heterocycles. The van der Waals surface area contributed by atoms with E-state index in [2.05, 4.69) is 11.8 Å². The number of benzene rings is 1. The van der Waals surface area contributed by atoms with Crippen LogP contribution in [0, 0.1) is 11.8 Å². The van der Waals surface area contributed by atoms with Gasteiger partial charge in [0.25, 0.3) is 0 Å². The molecule has 0 atom stereocenters. The van der Waals surface area contributed by atoms with Gasteiger partial charge >= 0.3 is 0 Å². The summed E-state index contributed by atoms with van der Waals surface area (Å²) >= 11 is 0. The molecule has 110 valence electrons. The summed E-state index contributed by atoms with van der Waals surface area (Å²) in [6, 6.07) is 6.17. The number of likely N-dealkylation sites (N-methyl/N-ethyl adjacent to an activating group) is 1. The molecule has 1 aromatic carbocycles. The third kappa shape index (κ3) is 4.62. The monoisotopic (exact) mass is 297 g/mol. The van der Waals surface area contributed by atoms with Crippen molar-refractivity contribution in [2.45, 2.75) is 24.3 Å². The molecule has 0 bridgehead atoms. The highest BCUT2D eigenvalue weighted by Crippen LogP contribution is 2.17. The molecule has 0 spiro atoms. The van der Waals surface area contributed by atoms with Gasteiger partial charge in [0.05, 0.1) is 10.5 Å². The van der Waals surface area contributed by atoms with Crippen molar-refractivity contribution >= 4 is 10.0 Å². The van der Waals surface area contributed by atoms with Crippen molar-refractivity contribution in [3.05, 3.63) is 29.8 Å². The van der Waals surface area contributed by atoms with Crippen molar-refractivity contribution in [3.63, 3.8) is 0 Å². The maximum Gasteiger partial charge on any atom is 0.242 e. The Morgan fingerprint density at radius 1 is 1.35 bits per heavy atom. The fourth-order valence-electron chi connectivity index (χ4n) is 1.69. The molecule has 0 saturated heterocycles. The van der Waals surface area contributed by atoms with Gasteiger partial charge in [0.15, 0.2) is 0 Å². The first-order valence-corrected chi connectivity index (χ1v) is 7.49. The first-order chi connectivity index (χ1) is 9.16. The fourth-order valence-corrected chi connectivity index (χ4v) is 3.06. The molecule has 0 aliphatic rings. The minimum absolute atomic E-state index is 0.0120. The molecule has 6 heteroatoms. The summed E-state index contributed by atoms with van der Waals surface area (Å²) in [6.07, 6.45) is 0. The highest BCUT2D eigenvalue weighted by atomic mass is 32.2. The van der Waals surface area contributed by atoms with Gasteiger partial charge in [0, 0.05) is 19.2 Å². The Labute approximate surface area is 119 Å². The minimum Gasteiger partial charge on any atom is -0.389 e. The maximum absolute atomic E-state index is 12.4. The van der Waals surface area contributed by atoms with Crippen molar-refractivity contribution in [3.8, 4) is 11.8 Å². The summed E-state index contributed by atoms with van der Waals surface area (Å²) < 4.78 is 25.8. The first kappa shape index (κ1) is 16.7. The number of hydrogen-bond acceptors (Lipinski definition) is 4. The van der Waals surface area contributed by atoms with Gasteiger partial charge in [-0.3, -0.25) is 0 Å². The number of nitrogens with zero attached hydrogens (tertiary/aromatic N) is 1. The molecule has 0 unspecified atom stereocenters. The molecular weight excluding hydrogens is 278 g/mol. The van der Waals surface area contributed by atoms with E-state index in [0.717, 1.165) is 4.31 Å². The van der Waals surface area contributed by atoms with Gasteiger partial charge in [-0.05, 0) is 32.0 Å². The predicted octanol–water partition coefficient (Wildman–Crippen LogP) is 0.422. The van der Waals surface area contributed by atoms with Crippen LogP contribution < -0.4 is 0 Å². The van der Waals surface area contributed by atoms with Crippen molar-refractivity contribution in [2.75, 3.05) is 20.2 Å². The molecule has 5 nitrogen and oxygen atoms in total. The molecule has 0 radical (unpaired) electrons. The summed E-state index contributed by atoms with van der Waals surface area (Å²) in [5.74, 6) is 5.13. The van der Waals surface area contributed by atoms with Gasteiger partial charge in [-0.1, -0.05) is 17.9 Å². The maximum atomic E-state index is 12.4. The molecule has 1 aromatic rings. The van der Waals surface area contributed by atoms with Gasteiger partial charge in [0.2, 0.25) is 10.0 Å². The molecule has 0 aliphatic heterocycles. The minimum atomic E-state index is -3.68. The normalized spacial score (nSPS) is 12.1. The molecule has 0 heterocycles. The van der Waals surface area contributed by atoms with Crippen molar-refractivity contribution in [1.82, 2.24) is 4.31 Å². The molecule has 0 aliphatic carbocycles. The van der Waals surface area contributed by atoms with E-state index in [9.17, 15) is 13.5 Å². The van der Waals surface area contributed by atoms with Crippen LogP contribution in [0.1, 0.15) is 19.4 Å². The van der Waals surface area contributed by atoms with Crippen LogP contribution in [0.2, 0.25) is 0 Å². The SMILES string of the molecule is CN(CC(C)(C)O)S(=O)(=O)c1cccc(C#CCO)c1. The average molecular weight is 297 g/mol. The zero-order chi connectivity index (χ0) is 15.4. The second kappa shape index (κ2) is 6.37. The Bertz CT molecular complexity index is 621. The molecule has 0 saturated carbocycles. The van der Waals surface area contributed by atoms with Gasteiger partial charge in [-0.25, -0.2) is 8.42 Å². The summed E-state index contributed by atoms with van der Waals surface area (Å²) in [5.41, 5.74) is -0.604. The lowest BCUT2D eigenvalue weighted by molar-refractivity contribution is 0.0640. The quantitative estimate of drug-likeness (QED) is 0.790. The number of sulfonamides is 1. The van der Waals surface area contributed by atoms with E-state index in [1.165, 1.54) is 19.2 Å². The van der Waals surface area contributed by atoms with E-state index >= 15 is 0 Å². The lowest BCUT2D eigenvalue weighted by atomic mass is 10.1. The standard InChI is InChI=1S/C14H19NO4S/c1-14(2,17)11-15(3)20(18,19)13-8-4-6-12(10-13)7-5-9-16/h4,6,8,10,16-17H,9,11H2,1-3H3. The fraction of sp³-hybridized carbons (Fsp3) is 0.429. The van der Waals surface area contributed by atoms with Crippen LogP contribution >= 0.6 is 0 Å². The number of aliphatic hydroxyl groups is 2. The van der Waals surface area contributed by atoms with Crippen molar-refractivity contribution in [1.29, 1.82) is 0 Å². The number of hydrogen-bond donors (Lipinski definition) is 2. The molecule has 1 rings (SSSR count). The van der Waals surface area contributed by atoms with E-state index in [0.29, 0.717) is 5.56 Å². The Kier molecular flexibility index (Phi) is 5.31. The van der Waals surface area contributed by atoms with Crippen LogP contribution in [0.15, 0.2) is 29.2 Å². The third-order valence-electron chi connectivity index (χ3n) is 2.46. The highest BCUT2D eigenvalue weighted by Gasteiger charge is 2.26. The van der Waals surface area contributed by atoms with Gasteiger partial charge < -0.3 is 10.2 Å². The van der Waals surface area contributed by atoms with Crippen LogP contribution in [0.25, 0.3) is 0 Å². The Balaban J connectivity index is 3.10. The highest BCUT2D eigenvalue weighted by molar-refractivity contribution is 7.89. The predicted molar refractivity (Wildman–Crippen MR) is 76.5 cm³/mol. The summed E-state index contributed by atoms with van der Waals surface area (Å²) in [5, 5.41) is 18.4. The van der Waals surface area contributed by atoms with E-state index in [1.807, 2.05) is 0 Å². The second-order valence-electron chi connectivity index (χ2n) is 5.06. The topological polar surface area (TPSA) is 77.8 Å². The zero-order valence-corrected chi connectivity index (χ0v) is 12.6. The number of rotatable bonds is 4. The van der Waals surface area contributed by atoms with Gasteiger partial charge in [-0.15, -0.1) is 0 Å². The Morgan fingerprint density at radius 2 is 2.00 bits per heavy atom. The van der Waals surface area contributed by atoms with Gasteiger partial charge in [-0.2, -0.15) is 4.31 Å². The number of aliphatic hydroxyl groups excluding tert-OH is 1. The Hall–Kier alpha value is -1.39. The lowest BCUT2D eigenvalue weighted by Gasteiger charge is -2.25. The molecule has 20 heavy (non-hydrogen) atoms. The van der Waals surface area contributed by atoms with Crippen LogP contribution in [0.3, 0.4) is 0 Å². The van der Waals surface area contributed by atoms with Crippen LogP contribution in [-0.4, -0.2) is 48.7 Å². The van der Waals surface area contributed by atoms with Crippen LogP contribution in [0.5, 0.6) is 0 Å². The lowest BCUT2D eigenvalue weighted by Crippen LogP contribution is -2.39. The average Bonchev–Trinajstić information content (AvgIpc) is 2.34. The van der Waals surface area contributed by atoms with Crippen molar-refractivity contribution < 1.29 is 18.6 Å². The smallest absolute Gasteiger partial charge is 0.242 e. The molecule has 0 fully saturated rings. The zero-order valence-electron chi connectivity index (χ0n) is 11.8. The summed E-state index contributed by atoms with van der Waals surface area (Å²) in [6.45, 7) is 2.79.